The minimum atomic E-state index is 0.0632. The fraction of sp³-hybridized carbons (Fsp3) is 0.267. The monoisotopic (exact) mass is 394 g/mol. The van der Waals surface area contributed by atoms with Gasteiger partial charge < -0.3 is 0 Å². The first-order valence-corrected chi connectivity index (χ1v) is 10.9. The van der Waals surface area contributed by atoms with Crippen molar-refractivity contribution >= 4 is 5.57 Å². The van der Waals surface area contributed by atoms with Crippen molar-refractivity contribution in [2.45, 2.75) is 52.4 Å². The first-order chi connectivity index (χ1) is 14.3. The van der Waals surface area contributed by atoms with E-state index in [9.17, 15) is 0 Å². The Morgan fingerprint density at radius 2 is 0.833 bits per heavy atom. The molecule has 30 heavy (non-hydrogen) atoms. The van der Waals surface area contributed by atoms with E-state index in [1.54, 1.807) is 0 Å². The van der Waals surface area contributed by atoms with E-state index in [-0.39, 0.29) is 10.8 Å². The smallest absolute Gasteiger partial charge is 0.0158 e. The molecule has 154 valence electrons. The molecule has 0 saturated carbocycles. The van der Waals surface area contributed by atoms with Crippen molar-refractivity contribution in [3.63, 3.8) is 0 Å². The van der Waals surface area contributed by atoms with Crippen molar-refractivity contribution in [2.75, 3.05) is 0 Å². The third-order valence-corrected chi connectivity index (χ3v) is 6.54. The number of allylic oxidation sites excluding steroid dienone is 2. The zero-order chi connectivity index (χ0) is 22.1. The van der Waals surface area contributed by atoms with Gasteiger partial charge in [-0.1, -0.05) is 127 Å². The molecule has 0 nitrogen and oxygen atoms in total. The van der Waals surface area contributed by atoms with Gasteiger partial charge in [-0.05, 0) is 44.5 Å². The van der Waals surface area contributed by atoms with Crippen molar-refractivity contribution in [3.05, 3.63) is 114 Å². The zero-order valence-electron chi connectivity index (χ0n) is 19.3. The summed E-state index contributed by atoms with van der Waals surface area (Å²) in [7, 11) is 0. The molecule has 0 atom stereocenters. The average Bonchev–Trinajstić information content (AvgIpc) is 3.12. The maximum Gasteiger partial charge on any atom is 0.0158 e. The van der Waals surface area contributed by atoms with Gasteiger partial charge in [0.2, 0.25) is 0 Å². The van der Waals surface area contributed by atoms with Gasteiger partial charge in [-0.15, -0.1) is 0 Å². The molecule has 3 aromatic carbocycles. The maximum absolute atomic E-state index is 4.10. The predicted octanol–water partition coefficient (Wildman–Crippen LogP) is 8.57. The lowest BCUT2D eigenvalue weighted by Gasteiger charge is -2.20. The van der Waals surface area contributed by atoms with Crippen molar-refractivity contribution in [1.82, 2.24) is 0 Å². The summed E-state index contributed by atoms with van der Waals surface area (Å²) in [6.07, 6.45) is 0. The third-order valence-electron chi connectivity index (χ3n) is 6.54. The normalized spacial score (nSPS) is 16.3. The summed E-state index contributed by atoms with van der Waals surface area (Å²) in [5.41, 5.74) is 10.8. The van der Waals surface area contributed by atoms with Gasteiger partial charge in [-0.3, -0.25) is 0 Å². The Hall–Kier alpha value is -2.86. The highest BCUT2D eigenvalue weighted by atomic mass is 14.4. The first-order valence-electron chi connectivity index (χ1n) is 10.9. The molecule has 3 aromatic rings. The van der Waals surface area contributed by atoms with Gasteiger partial charge in [-0.25, -0.2) is 0 Å². The molecular weight excluding hydrogens is 360 g/mol. The topological polar surface area (TPSA) is 0 Å². The van der Waals surface area contributed by atoms with Gasteiger partial charge in [0.25, 0.3) is 0 Å². The van der Waals surface area contributed by atoms with E-state index >= 15 is 0 Å². The summed E-state index contributed by atoms with van der Waals surface area (Å²) in [6.45, 7) is 21.2. The highest BCUT2D eigenvalue weighted by Crippen LogP contribution is 2.48. The number of rotatable bonds is 0. The lowest BCUT2D eigenvalue weighted by molar-refractivity contribution is 0.660. The van der Waals surface area contributed by atoms with E-state index in [2.05, 4.69) is 114 Å². The van der Waals surface area contributed by atoms with Crippen LogP contribution in [0.3, 0.4) is 0 Å². The molecule has 2 aliphatic carbocycles. The SMILES string of the molecule is C=C1C(=C)C(C)(C)c2ccccc21.CC.CC1(C)c2ccccc2-c2ccccc21. The van der Waals surface area contributed by atoms with Crippen LogP contribution in [0.2, 0.25) is 0 Å². The Balaban J connectivity index is 0.000000159. The number of hydrogen-bond acceptors (Lipinski definition) is 0. The number of hydrogen-bond donors (Lipinski definition) is 0. The largest absolute Gasteiger partial charge is 0.0943 e. The average molecular weight is 395 g/mol. The summed E-state index contributed by atoms with van der Waals surface area (Å²) in [4.78, 5) is 0. The second kappa shape index (κ2) is 8.11. The van der Waals surface area contributed by atoms with E-state index in [1.807, 2.05) is 13.8 Å². The molecule has 0 saturated heterocycles. The minimum absolute atomic E-state index is 0.0632. The predicted molar refractivity (Wildman–Crippen MR) is 133 cm³/mol. The molecule has 5 rings (SSSR count). The van der Waals surface area contributed by atoms with Crippen LogP contribution in [0, 0.1) is 0 Å². The van der Waals surface area contributed by atoms with Crippen LogP contribution in [0.1, 0.15) is 63.8 Å². The molecule has 0 heteroatoms. The fourth-order valence-electron chi connectivity index (χ4n) is 4.66. The summed E-state index contributed by atoms with van der Waals surface area (Å²) in [5.74, 6) is 0. The van der Waals surface area contributed by atoms with Gasteiger partial charge >= 0.3 is 0 Å². The van der Waals surface area contributed by atoms with Gasteiger partial charge in [0, 0.05) is 10.8 Å². The second-order valence-corrected chi connectivity index (χ2v) is 8.84. The Kier molecular flexibility index (Phi) is 5.90. The van der Waals surface area contributed by atoms with E-state index < -0.39 is 0 Å². The van der Waals surface area contributed by atoms with E-state index in [4.69, 9.17) is 0 Å². The summed E-state index contributed by atoms with van der Waals surface area (Å²) in [6, 6.07) is 25.9. The Morgan fingerprint density at radius 3 is 1.23 bits per heavy atom. The van der Waals surface area contributed by atoms with Crippen LogP contribution in [0.15, 0.2) is 91.5 Å². The molecule has 2 aliphatic rings. The molecular formula is C30H34. The highest BCUT2D eigenvalue weighted by Gasteiger charge is 2.35. The van der Waals surface area contributed by atoms with Crippen LogP contribution < -0.4 is 0 Å². The van der Waals surface area contributed by atoms with E-state index in [0.717, 1.165) is 11.1 Å². The van der Waals surface area contributed by atoms with Crippen molar-refractivity contribution in [2.24, 2.45) is 0 Å². The molecule has 0 radical (unpaired) electrons. The number of fused-ring (bicyclic) bond motifs is 4. The van der Waals surface area contributed by atoms with Gasteiger partial charge in [-0.2, -0.15) is 0 Å². The summed E-state index contributed by atoms with van der Waals surface area (Å²) < 4.78 is 0. The minimum Gasteiger partial charge on any atom is -0.0943 e. The Morgan fingerprint density at radius 1 is 0.500 bits per heavy atom. The molecule has 0 fully saturated rings. The maximum atomic E-state index is 4.10. The quantitative estimate of drug-likeness (QED) is 0.358. The van der Waals surface area contributed by atoms with Crippen LogP contribution >= 0.6 is 0 Å². The molecule has 0 aromatic heterocycles. The van der Waals surface area contributed by atoms with Crippen LogP contribution in [0.25, 0.3) is 16.7 Å². The van der Waals surface area contributed by atoms with Crippen LogP contribution in [0.5, 0.6) is 0 Å². The third kappa shape index (κ3) is 3.35. The Bertz CT molecular complexity index is 1040. The molecule has 0 spiro atoms. The highest BCUT2D eigenvalue weighted by molar-refractivity contribution is 5.87. The molecule has 0 heterocycles. The van der Waals surface area contributed by atoms with Gasteiger partial charge in [0.1, 0.15) is 0 Å². The first kappa shape index (κ1) is 21.8. The summed E-state index contributed by atoms with van der Waals surface area (Å²) >= 11 is 0. The second-order valence-electron chi connectivity index (χ2n) is 8.84. The lowest BCUT2D eigenvalue weighted by Crippen LogP contribution is -2.14. The van der Waals surface area contributed by atoms with E-state index in [0.29, 0.717) is 0 Å². The lowest BCUT2D eigenvalue weighted by atomic mass is 9.82. The van der Waals surface area contributed by atoms with Crippen molar-refractivity contribution in [3.8, 4) is 11.1 Å². The Labute approximate surface area is 183 Å². The van der Waals surface area contributed by atoms with Gasteiger partial charge in [0.15, 0.2) is 0 Å². The number of benzene rings is 3. The van der Waals surface area contributed by atoms with E-state index in [1.165, 1.54) is 33.4 Å². The molecule has 0 bridgehead atoms. The van der Waals surface area contributed by atoms with Crippen LogP contribution in [-0.4, -0.2) is 0 Å². The van der Waals surface area contributed by atoms with Crippen LogP contribution in [-0.2, 0) is 10.8 Å². The van der Waals surface area contributed by atoms with Gasteiger partial charge in [0.05, 0.1) is 0 Å². The molecule has 0 unspecified atom stereocenters. The summed E-state index contributed by atoms with van der Waals surface area (Å²) in [5, 5.41) is 0. The zero-order valence-corrected chi connectivity index (χ0v) is 19.3. The standard InChI is InChI=1S/C15H14.C13H14.C2H6/c1-15(2)13-9-5-3-7-11(13)12-8-4-6-10-14(12)15;1-9-10(2)13(3,4)12-8-6-5-7-11(9)12;1-2/h3-10H,1-2H3;5-8H,1-2H2,3-4H3;1-2H3. The molecule has 0 amide bonds. The fourth-order valence-corrected chi connectivity index (χ4v) is 4.66. The molecule has 0 N–H and O–H groups in total. The van der Waals surface area contributed by atoms with Crippen molar-refractivity contribution in [1.29, 1.82) is 0 Å². The molecule has 0 aliphatic heterocycles. The van der Waals surface area contributed by atoms with Crippen LogP contribution in [0.4, 0.5) is 0 Å². The van der Waals surface area contributed by atoms with Crippen molar-refractivity contribution < 1.29 is 0 Å².